The zero-order chi connectivity index (χ0) is 10.6. The first-order chi connectivity index (χ1) is 6.63. The number of aliphatic hydroxyl groups excluding tert-OH is 1. The highest BCUT2D eigenvalue weighted by Gasteiger charge is 2.23. The Balaban J connectivity index is 2.25. The topological polar surface area (TPSA) is 73.3 Å². The van der Waals surface area contributed by atoms with Gasteiger partial charge in [0.2, 0.25) is 0 Å². The molecule has 0 spiro atoms. The molecule has 0 radical (unpaired) electrons. The summed E-state index contributed by atoms with van der Waals surface area (Å²) in [5.74, 6) is 1.07. The molecule has 1 heterocycles. The van der Waals surface area contributed by atoms with Gasteiger partial charge in [0, 0.05) is 25.6 Å². The van der Waals surface area contributed by atoms with E-state index in [0.717, 1.165) is 26.1 Å². The summed E-state index contributed by atoms with van der Waals surface area (Å²) in [4.78, 5) is 2.34. The van der Waals surface area contributed by atoms with Gasteiger partial charge in [0.25, 0.3) is 0 Å². The number of aliphatic hydroxyl groups is 1. The molecule has 1 saturated heterocycles. The Morgan fingerprint density at radius 3 is 3.00 bits per heavy atom. The summed E-state index contributed by atoms with van der Waals surface area (Å²) in [6.45, 7) is 5.31. The molecule has 0 bridgehead atoms. The van der Waals surface area contributed by atoms with Crippen LogP contribution in [0.25, 0.3) is 0 Å². The molecular formula is C10H21N3O. The number of nitrogens with zero attached hydrogens (tertiary/aromatic N) is 1. The average Bonchev–Trinajstić information content (AvgIpc) is 2.53. The van der Waals surface area contributed by atoms with Crippen molar-refractivity contribution in [1.29, 1.82) is 5.41 Å². The van der Waals surface area contributed by atoms with Crippen LogP contribution in [0.15, 0.2) is 0 Å². The lowest BCUT2D eigenvalue weighted by Gasteiger charge is -2.19. The number of rotatable bonds is 5. The van der Waals surface area contributed by atoms with Gasteiger partial charge in [-0.1, -0.05) is 6.92 Å². The molecule has 82 valence electrons. The fourth-order valence-electron chi connectivity index (χ4n) is 1.98. The summed E-state index contributed by atoms with van der Waals surface area (Å²) < 4.78 is 0. The van der Waals surface area contributed by atoms with Crippen molar-refractivity contribution in [3.8, 4) is 0 Å². The minimum absolute atomic E-state index is 0.155. The number of hydrogen-bond donors (Lipinski definition) is 3. The van der Waals surface area contributed by atoms with Crippen LogP contribution in [0, 0.1) is 17.2 Å². The van der Waals surface area contributed by atoms with E-state index in [-0.39, 0.29) is 11.8 Å². The van der Waals surface area contributed by atoms with Gasteiger partial charge in [-0.05, 0) is 25.3 Å². The van der Waals surface area contributed by atoms with E-state index in [2.05, 4.69) is 4.90 Å². The maximum Gasteiger partial charge on any atom is 0.0947 e. The fourth-order valence-corrected chi connectivity index (χ4v) is 1.98. The molecule has 0 amide bonds. The van der Waals surface area contributed by atoms with Crippen molar-refractivity contribution in [2.75, 3.05) is 26.2 Å². The SMILES string of the molecule is CC(CN1CCC(CCO)C1)C(=N)N. The first kappa shape index (κ1) is 11.5. The van der Waals surface area contributed by atoms with Crippen LogP contribution in [0.3, 0.4) is 0 Å². The van der Waals surface area contributed by atoms with Gasteiger partial charge >= 0.3 is 0 Å². The summed E-state index contributed by atoms with van der Waals surface area (Å²) in [7, 11) is 0. The molecule has 0 aliphatic carbocycles. The lowest BCUT2D eigenvalue weighted by Crippen LogP contribution is -2.33. The van der Waals surface area contributed by atoms with Crippen LogP contribution in [0.2, 0.25) is 0 Å². The number of likely N-dealkylation sites (tertiary alicyclic amines) is 1. The standard InChI is InChI=1S/C10H21N3O/c1-8(10(11)12)6-13-4-2-9(7-13)3-5-14/h8-9,14H,2-7H2,1H3,(H3,11,12). The summed E-state index contributed by atoms with van der Waals surface area (Å²) in [5, 5.41) is 16.1. The third-order valence-corrected chi connectivity index (χ3v) is 2.97. The van der Waals surface area contributed by atoms with Gasteiger partial charge in [-0.2, -0.15) is 0 Å². The Morgan fingerprint density at radius 1 is 1.71 bits per heavy atom. The zero-order valence-corrected chi connectivity index (χ0v) is 8.87. The fraction of sp³-hybridized carbons (Fsp3) is 0.900. The Labute approximate surface area is 85.6 Å². The maximum atomic E-state index is 8.81. The first-order valence-corrected chi connectivity index (χ1v) is 5.30. The normalized spacial score (nSPS) is 25.1. The highest BCUT2D eigenvalue weighted by Crippen LogP contribution is 2.19. The molecule has 1 aliphatic heterocycles. The van der Waals surface area contributed by atoms with Gasteiger partial charge < -0.3 is 15.7 Å². The molecular weight excluding hydrogens is 178 g/mol. The Bertz CT molecular complexity index is 196. The molecule has 0 saturated carbocycles. The van der Waals surface area contributed by atoms with Crippen molar-refractivity contribution in [1.82, 2.24) is 4.90 Å². The molecule has 14 heavy (non-hydrogen) atoms. The molecule has 2 atom stereocenters. The van der Waals surface area contributed by atoms with E-state index >= 15 is 0 Å². The van der Waals surface area contributed by atoms with E-state index in [0.29, 0.717) is 12.5 Å². The van der Waals surface area contributed by atoms with E-state index in [1.54, 1.807) is 0 Å². The van der Waals surface area contributed by atoms with Crippen LogP contribution in [0.5, 0.6) is 0 Å². The van der Waals surface area contributed by atoms with E-state index < -0.39 is 0 Å². The van der Waals surface area contributed by atoms with Gasteiger partial charge in [0.1, 0.15) is 0 Å². The number of nitrogens with two attached hydrogens (primary N) is 1. The van der Waals surface area contributed by atoms with E-state index in [9.17, 15) is 0 Å². The summed E-state index contributed by atoms with van der Waals surface area (Å²) in [6, 6.07) is 0. The Kier molecular flexibility index (Phi) is 4.35. The lowest BCUT2D eigenvalue weighted by atomic mass is 10.1. The molecule has 0 aromatic rings. The van der Waals surface area contributed by atoms with E-state index in [4.69, 9.17) is 16.2 Å². The second kappa shape index (κ2) is 5.32. The summed E-state index contributed by atoms with van der Waals surface area (Å²) in [5.41, 5.74) is 5.42. The highest BCUT2D eigenvalue weighted by atomic mass is 16.3. The highest BCUT2D eigenvalue weighted by molar-refractivity contribution is 5.79. The molecule has 2 unspecified atom stereocenters. The van der Waals surface area contributed by atoms with E-state index in [1.807, 2.05) is 6.92 Å². The molecule has 1 rings (SSSR count). The quantitative estimate of drug-likeness (QED) is 0.439. The number of nitrogens with one attached hydrogen (secondary N) is 1. The number of hydrogen-bond acceptors (Lipinski definition) is 3. The van der Waals surface area contributed by atoms with Crippen molar-refractivity contribution in [3.05, 3.63) is 0 Å². The Hall–Kier alpha value is -0.610. The van der Waals surface area contributed by atoms with Crippen LogP contribution in [-0.2, 0) is 0 Å². The van der Waals surface area contributed by atoms with Crippen LogP contribution in [0.1, 0.15) is 19.8 Å². The smallest absolute Gasteiger partial charge is 0.0947 e. The maximum absolute atomic E-state index is 8.81. The number of amidine groups is 1. The molecule has 4 N–H and O–H groups in total. The zero-order valence-electron chi connectivity index (χ0n) is 8.87. The van der Waals surface area contributed by atoms with E-state index in [1.165, 1.54) is 6.42 Å². The molecule has 1 fully saturated rings. The molecule has 1 aliphatic rings. The average molecular weight is 199 g/mol. The van der Waals surface area contributed by atoms with Crippen LogP contribution >= 0.6 is 0 Å². The minimum Gasteiger partial charge on any atom is -0.396 e. The molecule has 4 heteroatoms. The van der Waals surface area contributed by atoms with Gasteiger partial charge in [0.15, 0.2) is 0 Å². The van der Waals surface area contributed by atoms with Crippen molar-refractivity contribution >= 4 is 5.84 Å². The Morgan fingerprint density at radius 2 is 2.43 bits per heavy atom. The summed E-state index contributed by atoms with van der Waals surface area (Å²) >= 11 is 0. The van der Waals surface area contributed by atoms with Crippen molar-refractivity contribution in [2.24, 2.45) is 17.6 Å². The largest absolute Gasteiger partial charge is 0.396 e. The minimum atomic E-state index is 0.155. The van der Waals surface area contributed by atoms with Gasteiger partial charge in [0.05, 0.1) is 5.84 Å². The van der Waals surface area contributed by atoms with Crippen molar-refractivity contribution in [3.63, 3.8) is 0 Å². The van der Waals surface area contributed by atoms with Gasteiger partial charge in [-0.25, -0.2) is 0 Å². The monoisotopic (exact) mass is 199 g/mol. The molecule has 4 nitrogen and oxygen atoms in total. The van der Waals surface area contributed by atoms with Crippen LogP contribution < -0.4 is 5.73 Å². The second-order valence-electron chi connectivity index (χ2n) is 4.28. The first-order valence-electron chi connectivity index (χ1n) is 5.30. The molecule has 0 aromatic heterocycles. The third kappa shape index (κ3) is 3.27. The predicted molar refractivity (Wildman–Crippen MR) is 57.3 cm³/mol. The summed E-state index contributed by atoms with van der Waals surface area (Å²) in [6.07, 6.45) is 2.08. The van der Waals surface area contributed by atoms with Gasteiger partial charge in [-0.3, -0.25) is 5.41 Å². The third-order valence-electron chi connectivity index (χ3n) is 2.97. The predicted octanol–water partition coefficient (Wildman–Crippen LogP) is 0.263. The van der Waals surface area contributed by atoms with Crippen molar-refractivity contribution in [2.45, 2.75) is 19.8 Å². The van der Waals surface area contributed by atoms with Gasteiger partial charge in [-0.15, -0.1) is 0 Å². The molecule has 0 aromatic carbocycles. The lowest BCUT2D eigenvalue weighted by molar-refractivity contribution is 0.248. The second-order valence-corrected chi connectivity index (χ2v) is 4.28. The van der Waals surface area contributed by atoms with Crippen molar-refractivity contribution < 1.29 is 5.11 Å². The van der Waals surface area contributed by atoms with Crippen LogP contribution in [0.4, 0.5) is 0 Å². The van der Waals surface area contributed by atoms with Crippen LogP contribution in [-0.4, -0.2) is 42.1 Å².